The summed E-state index contributed by atoms with van der Waals surface area (Å²) in [5, 5.41) is 1.34. The fraction of sp³-hybridized carbons (Fsp3) is 0.533. The van der Waals surface area contributed by atoms with Gasteiger partial charge in [-0.1, -0.05) is 38.0 Å². The second-order valence-electron chi connectivity index (χ2n) is 6.13. The predicted molar refractivity (Wildman–Crippen MR) is 75.2 cm³/mol. The van der Waals surface area contributed by atoms with Gasteiger partial charge in [0.15, 0.2) is 0 Å². The highest BCUT2D eigenvalue weighted by atomic mass is 16.2. The van der Waals surface area contributed by atoms with Crippen LogP contribution < -0.4 is 5.84 Å². The van der Waals surface area contributed by atoms with E-state index in [1.165, 1.54) is 5.01 Å². The monoisotopic (exact) mass is 248 g/mol. The van der Waals surface area contributed by atoms with E-state index in [9.17, 15) is 4.79 Å². The lowest BCUT2D eigenvalue weighted by atomic mass is 9.87. The van der Waals surface area contributed by atoms with Crippen molar-refractivity contribution in [3.63, 3.8) is 0 Å². The van der Waals surface area contributed by atoms with Crippen LogP contribution >= 0.6 is 0 Å². The first-order valence-corrected chi connectivity index (χ1v) is 6.29. The van der Waals surface area contributed by atoms with Crippen LogP contribution in [-0.4, -0.2) is 17.0 Å². The van der Waals surface area contributed by atoms with Crippen molar-refractivity contribution in [1.82, 2.24) is 5.01 Å². The average Bonchev–Trinajstić information content (AvgIpc) is 2.23. The number of nitrogens with two attached hydrogens (primary N) is 1. The van der Waals surface area contributed by atoms with Crippen LogP contribution in [0.15, 0.2) is 18.2 Å². The molecule has 0 aliphatic heterocycles. The zero-order valence-electron chi connectivity index (χ0n) is 12.2. The summed E-state index contributed by atoms with van der Waals surface area (Å²) in [5.74, 6) is 5.84. The van der Waals surface area contributed by atoms with Crippen LogP contribution in [0.4, 0.5) is 0 Å². The molecule has 1 aromatic rings. The fourth-order valence-electron chi connectivity index (χ4n) is 1.84. The molecule has 0 spiro atoms. The van der Waals surface area contributed by atoms with Crippen molar-refractivity contribution in [3.05, 3.63) is 34.9 Å². The predicted octanol–water partition coefficient (Wildman–Crippen LogP) is 3.05. The Bertz CT molecular complexity index is 426. The summed E-state index contributed by atoms with van der Waals surface area (Å²) in [7, 11) is 0. The Morgan fingerprint density at radius 2 is 1.61 bits per heavy atom. The summed E-state index contributed by atoms with van der Waals surface area (Å²) >= 11 is 0. The van der Waals surface area contributed by atoms with Gasteiger partial charge in [-0.15, -0.1) is 0 Å². The summed E-state index contributed by atoms with van der Waals surface area (Å²) in [4.78, 5) is 12.3. The minimum absolute atomic E-state index is 0.0224. The second kappa shape index (κ2) is 5.11. The number of nitrogens with zero attached hydrogens (tertiary/aromatic N) is 1. The van der Waals surface area contributed by atoms with Crippen LogP contribution in [0.2, 0.25) is 0 Å². The average molecular weight is 248 g/mol. The van der Waals surface area contributed by atoms with Gasteiger partial charge in [0.25, 0.3) is 5.91 Å². The van der Waals surface area contributed by atoms with Gasteiger partial charge in [0.05, 0.1) is 6.04 Å². The third-order valence-electron chi connectivity index (χ3n) is 3.37. The molecule has 1 amide bonds. The van der Waals surface area contributed by atoms with Gasteiger partial charge in [-0.25, -0.2) is 5.84 Å². The lowest BCUT2D eigenvalue weighted by Gasteiger charge is -2.34. The number of hydrazine groups is 1. The maximum absolute atomic E-state index is 12.3. The lowest BCUT2D eigenvalue weighted by Crippen LogP contribution is -2.49. The molecule has 0 saturated carbocycles. The third-order valence-corrected chi connectivity index (χ3v) is 3.37. The molecule has 0 aliphatic rings. The summed E-state index contributed by atoms with van der Waals surface area (Å²) in [6, 6.07) is 5.78. The number of carbonyl (C=O) groups excluding carboxylic acids is 1. The molecule has 0 unspecified atom stereocenters. The smallest absolute Gasteiger partial charge is 0.268 e. The quantitative estimate of drug-likeness (QED) is 0.497. The number of amides is 1. The van der Waals surface area contributed by atoms with E-state index in [2.05, 4.69) is 20.8 Å². The topological polar surface area (TPSA) is 46.3 Å². The Labute approximate surface area is 110 Å². The summed E-state index contributed by atoms with van der Waals surface area (Å²) < 4.78 is 0. The first-order valence-electron chi connectivity index (χ1n) is 6.29. The Morgan fingerprint density at radius 1 is 1.17 bits per heavy atom. The molecule has 1 aromatic carbocycles. The third kappa shape index (κ3) is 3.33. The first-order chi connectivity index (χ1) is 8.12. The van der Waals surface area contributed by atoms with E-state index >= 15 is 0 Å². The molecular formula is C15H24N2O. The van der Waals surface area contributed by atoms with E-state index in [0.717, 1.165) is 11.1 Å². The Hall–Kier alpha value is -1.35. The maximum Gasteiger partial charge on any atom is 0.268 e. The minimum Gasteiger partial charge on any atom is -0.273 e. The molecule has 0 saturated heterocycles. The maximum atomic E-state index is 12.3. The Morgan fingerprint density at radius 3 is 2.00 bits per heavy atom. The number of hydrogen-bond donors (Lipinski definition) is 1. The van der Waals surface area contributed by atoms with Crippen LogP contribution in [0.3, 0.4) is 0 Å². The molecule has 0 radical (unpaired) electrons. The fourth-order valence-corrected chi connectivity index (χ4v) is 1.84. The van der Waals surface area contributed by atoms with Crippen molar-refractivity contribution in [3.8, 4) is 0 Å². The SMILES string of the molecule is Cc1cc(C)cc(C(=O)N(N)[C@H](C)C(C)(C)C)c1. The van der Waals surface area contributed by atoms with E-state index in [-0.39, 0.29) is 17.4 Å². The normalized spacial score (nSPS) is 13.3. The molecular weight excluding hydrogens is 224 g/mol. The Balaban J connectivity index is 3.00. The van der Waals surface area contributed by atoms with Crippen LogP contribution in [0.25, 0.3) is 0 Å². The van der Waals surface area contributed by atoms with Gasteiger partial charge in [0.1, 0.15) is 0 Å². The van der Waals surface area contributed by atoms with Crippen molar-refractivity contribution < 1.29 is 4.79 Å². The van der Waals surface area contributed by atoms with Gasteiger partial charge in [-0.05, 0) is 38.3 Å². The zero-order valence-corrected chi connectivity index (χ0v) is 12.2. The highest BCUT2D eigenvalue weighted by molar-refractivity contribution is 5.94. The van der Waals surface area contributed by atoms with Gasteiger partial charge in [0, 0.05) is 5.56 Å². The number of rotatable bonds is 2. The molecule has 100 valence electrons. The van der Waals surface area contributed by atoms with Crippen molar-refractivity contribution in [2.24, 2.45) is 11.3 Å². The van der Waals surface area contributed by atoms with E-state index in [4.69, 9.17) is 5.84 Å². The summed E-state index contributed by atoms with van der Waals surface area (Å²) in [6.07, 6.45) is 0. The first kappa shape index (κ1) is 14.7. The molecule has 18 heavy (non-hydrogen) atoms. The lowest BCUT2D eigenvalue weighted by molar-refractivity contribution is 0.0552. The highest BCUT2D eigenvalue weighted by Crippen LogP contribution is 2.23. The second-order valence-corrected chi connectivity index (χ2v) is 6.13. The molecule has 0 fully saturated rings. The number of hydrogen-bond acceptors (Lipinski definition) is 2. The van der Waals surface area contributed by atoms with Gasteiger partial charge in [-0.2, -0.15) is 0 Å². The van der Waals surface area contributed by atoms with Crippen molar-refractivity contribution in [1.29, 1.82) is 0 Å². The minimum atomic E-state index is -0.121. The molecule has 0 aliphatic carbocycles. The standard InChI is InChI=1S/C15H24N2O/c1-10-7-11(2)9-13(8-10)14(18)17(16)12(3)15(4,5)6/h7-9,12H,16H2,1-6H3/t12-/m1/s1. The van der Waals surface area contributed by atoms with Crippen LogP contribution in [-0.2, 0) is 0 Å². The molecule has 1 rings (SSSR count). The number of carbonyl (C=O) groups is 1. The Kier molecular flexibility index (Phi) is 4.17. The van der Waals surface area contributed by atoms with Crippen molar-refractivity contribution in [2.45, 2.75) is 47.6 Å². The van der Waals surface area contributed by atoms with Crippen LogP contribution in [0.1, 0.15) is 49.2 Å². The molecule has 1 atom stereocenters. The van der Waals surface area contributed by atoms with E-state index in [0.29, 0.717) is 5.56 Å². The number of aryl methyl sites for hydroxylation is 2. The molecule has 0 aromatic heterocycles. The van der Waals surface area contributed by atoms with Gasteiger partial charge in [-0.3, -0.25) is 9.80 Å². The summed E-state index contributed by atoms with van der Waals surface area (Å²) in [6.45, 7) is 12.2. The van der Waals surface area contributed by atoms with Gasteiger partial charge in [0.2, 0.25) is 0 Å². The van der Waals surface area contributed by atoms with Crippen molar-refractivity contribution in [2.75, 3.05) is 0 Å². The van der Waals surface area contributed by atoms with E-state index in [1.807, 2.05) is 39.0 Å². The van der Waals surface area contributed by atoms with Gasteiger partial charge >= 0.3 is 0 Å². The number of benzene rings is 1. The largest absolute Gasteiger partial charge is 0.273 e. The van der Waals surface area contributed by atoms with E-state index < -0.39 is 0 Å². The zero-order chi connectivity index (χ0) is 14.1. The van der Waals surface area contributed by atoms with Crippen LogP contribution in [0.5, 0.6) is 0 Å². The molecule has 0 heterocycles. The summed E-state index contributed by atoms with van der Waals surface area (Å²) in [5.41, 5.74) is 2.78. The van der Waals surface area contributed by atoms with E-state index in [1.54, 1.807) is 0 Å². The molecule has 2 N–H and O–H groups in total. The molecule has 0 bridgehead atoms. The molecule has 3 heteroatoms. The van der Waals surface area contributed by atoms with Gasteiger partial charge < -0.3 is 0 Å². The van der Waals surface area contributed by atoms with Crippen molar-refractivity contribution >= 4 is 5.91 Å². The molecule has 3 nitrogen and oxygen atoms in total. The highest BCUT2D eigenvalue weighted by Gasteiger charge is 2.28. The van der Waals surface area contributed by atoms with Crippen LogP contribution in [0, 0.1) is 19.3 Å².